The van der Waals surface area contributed by atoms with Gasteiger partial charge >= 0.3 is 6.18 Å². The van der Waals surface area contributed by atoms with Gasteiger partial charge in [0.05, 0.1) is 11.1 Å². The summed E-state index contributed by atoms with van der Waals surface area (Å²) in [5.41, 5.74) is 0.238. The van der Waals surface area contributed by atoms with Gasteiger partial charge in [0.1, 0.15) is 0 Å². The van der Waals surface area contributed by atoms with Crippen LogP contribution in [0.2, 0.25) is 0 Å². The van der Waals surface area contributed by atoms with E-state index in [2.05, 4.69) is 4.98 Å². The van der Waals surface area contributed by atoms with Gasteiger partial charge < -0.3 is 0 Å². The Morgan fingerprint density at radius 3 is 2.47 bits per heavy atom. The molecule has 1 nitrogen and oxygen atoms in total. The topological polar surface area (TPSA) is 12.9 Å². The molecule has 2 aromatic rings. The second-order valence-corrected chi connectivity index (χ2v) is 3.57. The maximum absolute atomic E-state index is 12.7. The van der Waals surface area contributed by atoms with Crippen LogP contribution >= 0.6 is 24.0 Å². The number of alkyl halides is 4. The fraction of sp³-hybridized carbons (Fsp3) is 0.182. The highest BCUT2D eigenvalue weighted by molar-refractivity contribution is 6.18. The van der Waals surface area contributed by atoms with Crippen molar-refractivity contribution in [3.63, 3.8) is 0 Å². The quantitative estimate of drug-likeness (QED) is 0.706. The minimum Gasteiger partial charge on any atom is -0.256 e. The van der Waals surface area contributed by atoms with Crippen LogP contribution < -0.4 is 0 Å². The highest BCUT2D eigenvalue weighted by atomic mass is 35.5. The van der Waals surface area contributed by atoms with Gasteiger partial charge in [-0.1, -0.05) is 12.1 Å². The first-order chi connectivity index (χ1) is 7.54. The summed E-state index contributed by atoms with van der Waals surface area (Å²) < 4.78 is 38.1. The van der Waals surface area contributed by atoms with E-state index in [9.17, 15) is 13.2 Å². The molecule has 92 valence electrons. The van der Waals surface area contributed by atoms with Crippen LogP contribution in [0.1, 0.15) is 11.1 Å². The lowest BCUT2D eigenvalue weighted by Gasteiger charge is -2.11. The van der Waals surface area contributed by atoms with Crippen LogP contribution in [0.15, 0.2) is 30.5 Å². The Morgan fingerprint density at radius 2 is 1.88 bits per heavy atom. The Bertz CT molecular complexity index is 526. The van der Waals surface area contributed by atoms with Crippen molar-refractivity contribution in [3.8, 4) is 0 Å². The normalized spacial score (nSPS) is 11.3. The summed E-state index contributed by atoms with van der Waals surface area (Å²) in [5, 5.41) is 0.0909. The van der Waals surface area contributed by atoms with Gasteiger partial charge in [0.2, 0.25) is 0 Å². The van der Waals surface area contributed by atoms with Crippen molar-refractivity contribution in [1.29, 1.82) is 0 Å². The highest BCUT2D eigenvalue weighted by Crippen LogP contribution is 2.35. The minimum atomic E-state index is -4.37. The fourth-order valence-corrected chi connectivity index (χ4v) is 1.80. The number of aromatic nitrogens is 1. The third kappa shape index (κ3) is 2.64. The fourth-order valence-electron chi connectivity index (χ4n) is 1.59. The van der Waals surface area contributed by atoms with E-state index >= 15 is 0 Å². The predicted molar refractivity (Wildman–Crippen MR) is 63.6 cm³/mol. The monoisotopic (exact) mass is 281 g/mol. The smallest absolute Gasteiger partial charge is 0.256 e. The second-order valence-electron chi connectivity index (χ2n) is 3.30. The molecule has 0 saturated carbocycles. The third-order valence-electron chi connectivity index (χ3n) is 2.30. The Labute approximate surface area is 107 Å². The van der Waals surface area contributed by atoms with Crippen molar-refractivity contribution in [1.82, 2.24) is 4.98 Å². The first-order valence-corrected chi connectivity index (χ1v) is 5.07. The molecule has 0 atom stereocenters. The zero-order valence-corrected chi connectivity index (χ0v) is 10.0. The van der Waals surface area contributed by atoms with Crippen molar-refractivity contribution in [3.05, 3.63) is 41.6 Å². The summed E-state index contributed by atoms with van der Waals surface area (Å²) in [4.78, 5) is 3.94. The summed E-state index contributed by atoms with van der Waals surface area (Å²) in [5.74, 6) is 0.144. The van der Waals surface area contributed by atoms with Gasteiger partial charge in [-0.15, -0.1) is 24.0 Å². The Balaban J connectivity index is 0.00000144. The van der Waals surface area contributed by atoms with Crippen LogP contribution in [0.5, 0.6) is 0 Å². The standard InChI is InChI=1S/C11H7ClF3N.ClH/c12-6-7-3-4-9(11(13,14)15)8-2-1-5-16-10(7)8;/h1-5H,6H2;1H. The molecule has 1 aromatic carbocycles. The van der Waals surface area contributed by atoms with Crippen LogP contribution in [0.4, 0.5) is 13.2 Å². The minimum absolute atomic E-state index is 0. The van der Waals surface area contributed by atoms with Crippen LogP contribution in [0.25, 0.3) is 10.9 Å². The zero-order valence-electron chi connectivity index (χ0n) is 8.46. The van der Waals surface area contributed by atoms with E-state index in [1.54, 1.807) is 0 Å². The lowest BCUT2D eigenvalue weighted by molar-refractivity contribution is -0.136. The lowest BCUT2D eigenvalue weighted by atomic mass is 10.0. The number of hydrogen-bond acceptors (Lipinski definition) is 1. The number of fused-ring (bicyclic) bond motifs is 1. The molecule has 6 heteroatoms. The molecule has 0 radical (unpaired) electrons. The van der Waals surface area contributed by atoms with Gasteiger partial charge in [0.15, 0.2) is 0 Å². The van der Waals surface area contributed by atoms with E-state index in [1.807, 2.05) is 0 Å². The number of nitrogens with zero attached hydrogens (tertiary/aromatic N) is 1. The number of pyridine rings is 1. The van der Waals surface area contributed by atoms with Crippen LogP contribution in [0.3, 0.4) is 0 Å². The van der Waals surface area contributed by atoms with Crippen LogP contribution in [-0.2, 0) is 12.1 Å². The first-order valence-electron chi connectivity index (χ1n) is 4.54. The summed E-state index contributed by atoms with van der Waals surface area (Å²) in [6.45, 7) is 0. The molecule has 0 amide bonds. The third-order valence-corrected chi connectivity index (χ3v) is 2.59. The molecule has 0 unspecified atom stereocenters. The molecular formula is C11H8Cl2F3N. The van der Waals surface area contributed by atoms with E-state index in [0.29, 0.717) is 11.1 Å². The molecule has 1 aromatic heterocycles. The summed E-state index contributed by atoms with van der Waals surface area (Å²) in [6.07, 6.45) is -2.91. The zero-order chi connectivity index (χ0) is 11.8. The van der Waals surface area contributed by atoms with E-state index in [-0.39, 0.29) is 23.7 Å². The van der Waals surface area contributed by atoms with Crippen molar-refractivity contribution in [2.24, 2.45) is 0 Å². The molecule has 0 bridgehead atoms. The van der Waals surface area contributed by atoms with Crippen molar-refractivity contribution < 1.29 is 13.2 Å². The van der Waals surface area contributed by atoms with Crippen LogP contribution in [-0.4, -0.2) is 4.98 Å². The molecule has 0 aliphatic carbocycles. The summed E-state index contributed by atoms with van der Waals surface area (Å²) in [7, 11) is 0. The van der Waals surface area contributed by atoms with Gasteiger partial charge in [0, 0.05) is 17.5 Å². The average Bonchev–Trinajstić information content (AvgIpc) is 2.26. The molecule has 0 aliphatic rings. The number of benzene rings is 1. The largest absolute Gasteiger partial charge is 0.417 e. The molecule has 0 N–H and O–H groups in total. The predicted octanol–water partition coefficient (Wildman–Crippen LogP) is 4.41. The maximum Gasteiger partial charge on any atom is 0.417 e. The lowest BCUT2D eigenvalue weighted by Crippen LogP contribution is -2.06. The van der Waals surface area contributed by atoms with Gasteiger partial charge in [-0.25, -0.2) is 0 Å². The Kier molecular flexibility index (Phi) is 4.22. The highest BCUT2D eigenvalue weighted by Gasteiger charge is 2.32. The molecule has 17 heavy (non-hydrogen) atoms. The number of hydrogen-bond donors (Lipinski definition) is 0. The molecule has 0 saturated heterocycles. The second kappa shape index (κ2) is 5.10. The first kappa shape index (κ1) is 14.1. The van der Waals surface area contributed by atoms with Gasteiger partial charge in [0.25, 0.3) is 0 Å². The average molecular weight is 282 g/mol. The van der Waals surface area contributed by atoms with E-state index in [0.717, 1.165) is 6.07 Å². The molecule has 0 fully saturated rings. The van der Waals surface area contributed by atoms with Crippen LogP contribution in [0, 0.1) is 0 Å². The molecule has 1 heterocycles. The van der Waals surface area contributed by atoms with E-state index in [4.69, 9.17) is 11.6 Å². The Hall–Kier alpha value is -1.00. The van der Waals surface area contributed by atoms with Crippen molar-refractivity contribution in [2.75, 3.05) is 0 Å². The van der Waals surface area contributed by atoms with E-state index < -0.39 is 11.7 Å². The maximum atomic E-state index is 12.7. The summed E-state index contributed by atoms with van der Waals surface area (Å²) in [6, 6.07) is 5.30. The molecular weight excluding hydrogens is 274 g/mol. The van der Waals surface area contributed by atoms with Crippen molar-refractivity contribution >= 4 is 34.9 Å². The number of rotatable bonds is 1. The SMILES string of the molecule is Cl.FC(F)(F)c1ccc(CCl)c2ncccc12. The van der Waals surface area contributed by atoms with Gasteiger partial charge in [-0.2, -0.15) is 13.2 Å². The summed E-state index contributed by atoms with van der Waals surface area (Å²) >= 11 is 5.65. The Morgan fingerprint density at radius 1 is 1.18 bits per heavy atom. The van der Waals surface area contributed by atoms with E-state index in [1.165, 1.54) is 24.4 Å². The van der Waals surface area contributed by atoms with Gasteiger partial charge in [-0.05, 0) is 17.7 Å². The number of halogens is 5. The molecule has 0 spiro atoms. The van der Waals surface area contributed by atoms with Crippen molar-refractivity contribution in [2.45, 2.75) is 12.1 Å². The molecule has 2 rings (SSSR count). The molecule has 0 aliphatic heterocycles. The van der Waals surface area contributed by atoms with Gasteiger partial charge in [-0.3, -0.25) is 4.98 Å².